The van der Waals surface area contributed by atoms with Crippen LogP contribution in [-0.4, -0.2) is 38.1 Å². The van der Waals surface area contributed by atoms with Crippen molar-refractivity contribution in [3.8, 4) is 0 Å². The van der Waals surface area contributed by atoms with Gasteiger partial charge in [0.15, 0.2) is 0 Å². The third-order valence-corrected chi connectivity index (χ3v) is 6.99. The molecule has 1 aromatic rings. The maximum Gasteiger partial charge on any atom is 0.215 e. The Labute approximate surface area is 150 Å². The van der Waals surface area contributed by atoms with Crippen LogP contribution < -0.4 is 5.32 Å². The maximum absolute atomic E-state index is 12.9. The Morgan fingerprint density at radius 3 is 2.70 bits per heavy atom. The molecular weight excluding hydrogens is 355 g/mol. The molecule has 0 aromatic heterocycles. The molecule has 1 saturated carbocycles. The van der Waals surface area contributed by atoms with Crippen molar-refractivity contribution in [3.05, 3.63) is 34.9 Å². The van der Waals surface area contributed by atoms with Gasteiger partial charge < -0.3 is 5.32 Å². The van der Waals surface area contributed by atoms with Crippen molar-refractivity contribution in [3.63, 3.8) is 0 Å². The highest BCUT2D eigenvalue weighted by Crippen LogP contribution is 2.31. The van der Waals surface area contributed by atoms with Crippen molar-refractivity contribution in [1.29, 1.82) is 0 Å². The molecule has 0 bridgehead atoms. The molecule has 2 aliphatic rings. The van der Waals surface area contributed by atoms with Crippen molar-refractivity contribution in [2.75, 3.05) is 25.4 Å². The van der Waals surface area contributed by atoms with Crippen molar-refractivity contribution in [2.45, 2.75) is 31.7 Å². The first kappa shape index (κ1) is 19.0. The summed E-state index contributed by atoms with van der Waals surface area (Å²) in [5.74, 6) is 0.629. The van der Waals surface area contributed by atoms with E-state index >= 15 is 0 Å². The number of nitrogens with one attached hydrogen (secondary N) is 1. The molecule has 1 N–H and O–H groups in total. The molecule has 1 aliphatic heterocycles. The monoisotopic (exact) mass is 378 g/mol. The Balaban J connectivity index is 0.00000192. The lowest BCUT2D eigenvalue weighted by Crippen LogP contribution is -2.49. The van der Waals surface area contributed by atoms with E-state index in [1.54, 1.807) is 4.31 Å². The molecular formula is C16H24Cl2N2O2S. The van der Waals surface area contributed by atoms with E-state index in [1.807, 2.05) is 24.3 Å². The molecule has 2 fully saturated rings. The van der Waals surface area contributed by atoms with E-state index < -0.39 is 10.0 Å². The quantitative estimate of drug-likeness (QED) is 0.874. The van der Waals surface area contributed by atoms with Gasteiger partial charge >= 0.3 is 0 Å². The van der Waals surface area contributed by atoms with Crippen molar-refractivity contribution in [2.24, 2.45) is 5.92 Å². The third kappa shape index (κ3) is 4.60. The van der Waals surface area contributed by atoms with Gasteiger partial charge in [0.1, 0.15) is 0 Å². The van der Waals surface area contributed by atoms with Gasteiger partial charge in [-0.15, -0.1) is 12.4 Å². The highest BCUT2D eigenvalue weighted by molar-refractivity contribution is 7.89. The Hall–Kier alpha value is -0.330. The van der Waals surface area contributed by atoms with E-state index in [4.69, 9.17) is 11.6 Å². The first-order valence-electron chi connectivity index (χ1n) is 8.02. The van der Waals surface area contributed by atoms with E-state index in [0.717, 1.165) is 18.4 Å². The summed E-state index contributed by atoms with van der Waals surface area (Å²) in [7, 11) is -3.23. The van der Waals surface area contributed by atoms with Crippen molar-refractivity contribution in [1.82, 2.24) is 9.62 Å². The molecule has 0 amide bonds. The number of hydrogen-bond donors (Lipinski definition) is 1. The number of hydrogen-bond acceptors (Lipinski definition) is 3. The first-order valence-corrected chi connectivity index (χ1v) is 10.0. The van der Waals surface area contributed by atoms with Gasteiger partial charge in [0.05, 0.1) is 11.8 Å². The summed E-state index contributed by atoms with van der Waals surface area (Å²) >= 11 is 6.08. The molecule has 0 radical (unpaired) electrons. The van der Waals surface area contributed by atoms with Crippen LogP contribution in [0.25, 0.3) is 0 Å². The number of piperazine rings is 1. The SMILES string of the molecule is Cl.O=S(=O)(CC1CCCC1)N1CCNCC1c1cccc(Cl)c1. The summed E-state index contributed by atoms with van der Waals surface area (Å²) in [5.41, 5.74) is 0.967. The largest absolute Gasteiger partial charge is 0.313 e. The van der Waals surface area contributed by atoms with Crippen LogP contribution in [-0.2, 0) is 10.0 Å². The Bertz CT molecular complexity index is 618. The molecule has 4 nitrogen and oxygen atoms in total. The predicted molar refractivity (Wildman–Crippen MR) is 96.8 cm³/mol. The zero-order chi connectivity index (χ0) is 15.6. The lowest BCUT2D eigenvalue weighted by molar-refractivity contribution is 0.270. The van der Waals surface area contributed by atoms with Crippen LogP contribution in [0.1, 0.15) is 37.3 Å². The molecule has 1 heterocycles. The molecule has 1 aliphatic carbocycles. The van der Waals surface area contributed by atoms with Crippen LogP contribution in [0.5, 0.6) is 0 Å². The summed E-state index contributed by atoms with van der Waals surface area (Å²) in [6, 6.07) is 7.38. The van der Waals surface area contributed by atoms with Crippen LogP contribution in [0.4, 0.5) is 0 Å². The maximum atomic E-state index is 12.9. The fourth-order valence-corrected chi connectivity index (χ4v) is 5.86. The molecule has 1 aromatic carbocycles. The first-order chi connectivity index (χ1) is 10.6. The Morgan fingerprint density at radius 2 is 2.00 bits per heavy atom. The zero-order valence-corrected chi connectivity index (χ0v) is 15.5. The van der Waals surface area contributed by atoms with Gasteiger partial charge in [-0.05, 0) is 36.5 Å². The van der Waals surface area contributed by atoms with Crippen LogP contribution in [0, 0.1) is 5.92 Å². The summed E-state index contributed by atoms with van der Waals surface area (Å²) < 4.78 is 27.4. The van der Waals surface area contributed by atoms with Gasteiger partial charge in [0, 0.05) is 24.7 Å². The zero-order valence-electron chi connectivity index (χ0n) is 13.1. The van der Waals surface area contributed by atoms with Gasteiger partial charge in [-0.2, -0.15) is 4.31 Å². The number of benzene rings is 1. The minimum atomic E-state index is -3.23. The van der Waals surface area contributed by atoms with E-state index in [-0.39, 0.29) is 18.4 Å². The summed E-state index contributed by atoms with van der Waals surface area (Å²) in [6.07, 6.45) is 4.43. The molecule has 1 unspecified atom stereocenters. The Morgan fingerprint density at radius 1 is 1.26 bits per heavy atom. The second-order valence-electron chi connectivity index (χ2n) is 6.31. The van der Waals surface area contributed by atoms with Crippen molar-refractivity contribution >= 4 is 34.0 Å². The van der Waals surface area contributed by atoms with Gasteiger partial charge in [0.25, 0.3) is 0 Å². The minimum absolute atomic E-state index is 0. The lowest BCUT2D eigenvalue weighted by Gasteiger charge is -2.36. The van der Waals surface area contributed by atoms with Gasteiger partial charge in [-0.25, -0.2) is 8.42 Å². The van der Waals surface area contributed by atoms with Gasteiger partial charge in [-0.3, -0.25) is 0 Å². The van der Waals surface area contributed by atoms with Crippen LogP contribution in [0.15, 0.2) is 24.3 Å². The number of nitrogens with zero attached hydrogens (tertiary/aromatic N) is 1. The standard InChI is InChI=1S/C16H23ClN2O2S.ClH/c17-15-7-3-6-14(10-15)16-11-18-8-9-19(16)22(20,21)12-13-4-1-2-5-13;/h3,6-7,10,13,16,18H,1-2,4-5,8-9,11-12H2;1H. The summed E-state index contributed by atoms with van der Waals surface area (Å²) in [4.78, 5) is 0. The highest BCUT2D eigenvalue weighted by atomic mass is 35.5. The topological polar surface area (TPSA) is 49.4 Å². The average molecular weight is 379 g/mol. The average Bonchev–Trinajstić information content (AvgIpc) is 2.99. The van der Waals surface area contributed by atoms with Crippen LogP contribution in [0.2, 0.25) is 5.02 Å². The third-order valence-electron chi connectivity index (χ3n) is 4.71. The summed E-state index contributed by atoms with van der Waals surface area (Å²) in [5, 5.41) is 3.95. The second-order valence-corrected chi connectivity index (χ2v) is 8.72. The van der Waals surface area contributed by atoms with E-state index in [0.29, 0.717) is 36.3 Å². The molecule has 130 valence electrons. The highest BCUT2D eigenvalue weighted by Gasteiger charge is 2.35. The fourth-order valence-electron chi connectivity index (χ4n) is 3.59. The predicted octanol–water partition coefficient (Wildman–Crippen LogP) is 3.23. The fraction of sp³-hybridized carbons (Fsp3) is 0.625. The molecule has 0 spiro atoms. The van der Waals surface area contributed by atoms with E-state index in [9.17, 15) is 8.42 Å². The van der Waals surface area contributed by atoms with Crippen molar-refractivity contribution < 1.29 is 8.42 Å². The lowest BCUT2D eigenvalue weighted by atomic mass is 10.1. The van der Waals surface area contributed by atoms with Gasteiger partial charge in [-0.1, -0.05) is 36.6 Å². The number of halogens is 2. The second kappa shape index (κ2) is 8.17. The van der Waals surface area contributed by atoms with E-state index in [2.05, 4.69) is 5.32 Å². The van der Waals surface area contributed by atoms with Crippen LogP contribution in [0.3, 0.4) is 0 Å². The molecule has 1 saturated heterocycles. The molecule has 1 atom stereocenters. The smallest absolute Gasteiger partial charge is 0.215 e. The Kier molecular flexibility index (Phi) is 6.75. The summed E-state index contributed by atoms with van der Waals surface area (Å²) in [6.45, 7) is 1.89. The number of sulfonamides is 1. The molecule has 7 heteroatoms. The van der Waals surface area contributed by atoms with Gasteiger partial charge in [0.2, 0.25) is 10.0 Å². The molecule has 23 heavy (non-hydrogen) atoms. The van der Waals surface area contributed by atoms with E-state index in [1.165, 1.54) is 12.8 Å². The molecule has 3 rings (SSSR count). The minimum Gasteiger partial charge on any atom is -0.313 e. The van der Waals surface area contributed by atoms with Crippen LogP contribution >= 0.6 is 24.0 Å². The normalized spacial score (nSPS) is 23.6. The number of rotatable bonds is 4.